The van der Waals surface area contributed by atoms with Gasteiger partial charge in [-0.15, -0.1) is 0 Å². The predicted octanol–water partition coefficient (Wildman–Crippen LogP) is 3.73. The van der Waals surface area contributed by atoms with Crippen molar-refractivity contribution in [2.45, 2.75) is 0 Å². The second-order valence-electron chi connectivity index (χ2n) is 2.44. The van der Waals surface area contributed by atoms with E-state index in [4.69, 9.17) is 0 Å². The smallest absolute Gasteiger partial charge is 0.148 e. The van der Waals surface area contributed by atoms with Crippen LogP contribution in [0.4, 0.5) is 4.39 Å². The van der Waals surface area contributed by atoms with E-state index in [1.807, 2.05) is 6.07 Å². The van der Waals surface area contributed by atoms with Gasteiger partial charge in [-0.25, -0.2) is 8.84 Å². The second kappa shape index (κ2) is 3.79. The first kappa shape index (κ1) is 9.80. The molecule has 0 radical (unpaired) electrons. The normalized spacial score (nSPS) is 11.9. The summed E-state index contributed by atoms with van der Waals surface area (Å²) in [6, 6.07) is 3.56. The number of nitrogens with zero attached hydrogens (tertiary/aromatic N) is 2. The van der Waals surface area contributed by atoms with Gasteiger partial charge in [-0.05, 0) is 50.1 Å². The first-order valence-electron chi connectivity index (χ1n) is 3.42. The molecule has 0 amide bonds. The quantitative estimate of drug-likeness (QED) is 0.551. The summed E-state index contributed by atoms with van der Waals surface area (Å²) < 4.78 is 15.7. The number of aromatic nitrogens is 2. The molecule has 68 valence electrons. The van der Waals surface area contributed by atoms with Crippen molar-refractivity contribution < 1.29 is 4.39 Å². The van der Waals surface area contributed by atoms with E-state index < -0.39 is 0 Å². The Balaban J connectivity index is 2.81. The Morgan fingerprint density at radius 2 is 2.31 bits per heavy atom. The zero-order valence-electron chi connectivity index (χ0n) is 6.26. The monoisotopic (exact) mass is 372 g/mol. The molecule has 0 spiro atoms. The van der Waals surface area contributed by atoms with Crippen LogP contribution in [0.25, 0.3) is 10.9 Å². The zero-order chi connectivity index (χ0) is 9.42. The third-order valence-corrected chi connectivity index (χ3v) is 4.22. The summed E-state index contributed by atoms with van der Waals surface area (Å²) in [6.07, 6.45) is 2.05. The van der Waals surface area contributed by atoms with E-state index in [-0.39, 0.29) is 5.82 Å². The van der Waals surface area contributed by atoms with Crippen molar-refractivity contribution in [3.05, 3.63) is 28.6 Å². The van der Waals surface area contributed by atoms with Crippen LogP contribution < -0.4 is 0 Å². The van der Waals surface area contributed by atoms with Crippen LogP contribution in [0, 0.1) is 5.82 Å². The van der Waals surface area contributed by atoms with Gasteiger partial charge in [-0.1, -0.05) is 0 Å². The van der Waals surface area contributed by atoms with E-state index in [1.54, 1.807) is 16.7 Å². The summed E-state index contributed by atoms with van der Waals surface area (Å²) in [5.74, 6) is -0.238. The molecule has 0 fully saturated rings. The lowest BCUT2D eigenvalue weighted by molar-refractivity contribution is 0.633. The van der Waals surface area contributed by atoms with Crippen molar-refractivity contribution in [3.8, 4) is 0 Å². The molecule has 0 saturated carbocycles. The Morgan fingerprint density at radius 3 is 3.00 bits per heavy atom. The average molecular weight is 373 g/mol. The molecule has 0 saturated heterocycles. The van der Waals surface area contributed by atoms with Gasteiger partial charge in [0, 0.05) is 0 Å². The van der Waals surface area contributed by atoms with Gasteiger partial charge in [-0.2, -0.15) is 5.10 Å². The SMILES string of the molecule is Fc1c(Br)ccc2c1cnn2PI. The van der Waals surface area contributed by atoms with Gasteiger partial charge < -0.3 is 0 Å². The van der Waals surface area contributed by atoms with Crippen molar-refractivity contribution in [3.63, 3.8) is 0 Å². The Labute approximate surface area is 97.3 Å². The molecule has 13 heavy (non-hydrogen) atoms. The number of fused-ring (bicyclic) bond motifs is 1. The Hall–Kier alpha value is 0.260. The van der Waals surface area contributed by atoms with Gasteiger partial charge in [-0.3, -0.25) is 0 Å². The molecule has 2 nitrogen and oxygen atoms in total. The molecule has 0 bridgehead atoms. The van der Waals surface area contributed by atoms with E-state index in [0.717, 1.165) is 5.52 Å². The van der Waals surface area contributed by atoms with Gasteiger partial charge in [0.15, 0.2) is 0 Å². The molecule has 0 aliphatic rings. The van der Waals surface area contributed by atoms with Gasteiger partial charge in [0.05, 0.1) is 27.9 Å². The van der Waals surface area contributed by atoms with E-state index in [1.165, 1.54) is 0 Å². The summed E-state index contributed by atoms with van der Waals surface area (Å²) in [4.78, 5) is 0. The van der Waals surface area contributed by atoms with Crippen LogP contribution in [-0.2, 0) is 0 Å². The fourth-order valence-electron chi connectivity index (χ4n) is 1.11. The lowest BCUT2D eigenvalue weighted by Gasteiger charge is -1.98. The Kier molecular flexibility index (Phi) is 2.86. The molecule has 2 aromatic rings. The van der Waals surface area contributed by atoms with Gasteiger partial charge in [0.1, 0.15) is 5.82 Å². The van der Waals surface area contributed by atoms with Crippen molar-refractivity contribution in [2.75, 3.05) is 0 Å². The molecule has 0 N–H and O–H groups in total. The number of hydrogen-bond acceptors (Lipinski definition) is 1. The highest BCUT2D eigenvalue weighted by atomic mass is 127. The van der Waals surface area contributed by atoms with E-state index in [9.17, 15) is 4.39 Å². The highest BCUT2D eigenvalue weighted by molar-refractivity contribution is 14.2. The number of rotatable bonds is 1. The molecular weight excluding hydrogens is 369 g/mol. The molecule has 1 unspecified atom stereocenters. The minimum Gasteiger partial charge on any atom is -0.237 e. The van der Waals surface area contributed by atoms with Gasteiger partial charge >= 0.3 is 0 Å². The standard InChI is InChI=1S/C7H4BrFIN2P/c8-5-1-2-6-4(7(5)9)3-11-12(6)13-10/h1-3,13H. The molecule has 0 aliphatic heterocycles. The Bertz CT molecular complexity index is 459. The highest BCUT2D eigenvalue weighted by Gasteiger charge is 2.08. The van der Waals surface area contributed by atoms with Crippen LogP contribution in [0.3, 0.4) is 0 Å². The first-order chi connectivity index (χ1) is 6.24. The molecule has 6 heteroatoms. The molecule has 0 aliphatic carbocycles. The van der Waals surface area contributed by atoms with Crippen LogP contribution in [0.1, 0.15) is 0 Å². The van der Waals surface area contributed by atoms with E-state index in [0.29, 0.717) is 16.2 Å². The van der Waals surface area contributed by atoms with Crippen LogP contribution in [0.15, 0.2) is 22.8 Å². The van der Waals surface area contributed by atoms with Crippen LogP contribution in [0.5, 0.6) is 0 Å². The third-order valence-electron chi connectivity index (χ3n) is 1.72. The highest BCUT2D eigenvalue weighted by Crippen LogP contribution is 2.31. The van der Waals surface area contributed by atoms with Crippen LogP contribution in [-0.4, -0.2) is 9.55 Å². The van der Waals surface area contributed by atoms with Crippen molar-refractivity contribution in [2.24, 2.45) is 0 Å². The fourth-order valence-corrected chi connectivity index (χ4v) is 3.00. The minimum absolute atomic E-state index is 0.238. The van der Waals surface area contributed by atoms with Crippen molar-refractivity contribution in [1.29, 1.82) is 0 Å². The second-order valence-corrected chi connectivity index (χ2v) is 5.33. The maximum absolute atomic E-state index is 13.4. The largest absolute Gasteiger partial charge is 0.237 e. The fraction of sp³-hybridized carbons (Fsp3) is 0. The number of hydrogen-bond donors (Lipinski definition) is 0. The van der Waals surface area contributed by atoms with Gasteiger partial charge in [0.25, 0.3) is 0 Å². The number of halogens is 3. The van der Waals surface area contributed by atoms with E-state index >= 15 is 0 Å². The zero-order valence-corrected chi connectivity index (χ0v) is 11.0. The summed E-state index contributed by atoms with van der Waals surface area (Å²) in [5, 5.41) is 4.64. The maximum Gasteiger partial charge on any atom is 0.148 e. The van der Waals surface area contributed by atoms with Crippen molar-refractivity contribution >= 4 is 55.2 Å². The minimum atomic E-state index is -0.238. The molecule has 1 aromatic heterocycles. The summed E-state index contributed by atoms with van der Waals surface area (Å²) in [6.45, 7) is 0. The van der Waals surface area contributed by atoms with Crippen LogP contribution in [0.2, 0.25) is 0 Å². The maximum atomic E-state index is 13.4. The summed E-state index contributed by atoms with van der Waals surface area (Å²) in [5.41, 5.74) is 0.841. The topological polar surface area (TPSA) is 17.8 Å². The van der Waals surface area contributed by atoms with Crippen molar-refractivity contribution in [1.82, 2.24) is 9.55 Å². The molecule has 1 aromatic carbocycles. The predicted molar refractivity (Wildman–Crippen MR) is 65.1 cm³/mol. The summed E-state index contributed by atoms with van der Waals surface area (Å²) in [7, 11) is 0. The first-order valence-corrected chi connectivity index (χ1v) is 8.28. The Morgan fingerprint density at radius 1 is 1.54 bits per heavy atom. The average Bonchev–Trinajstić information content (AvgIpc) is 2.55. The molecular formula is C7H4BrFIN2P. The van der Waals surface area contributed by atoms with E-state index in [2.05, 4.69) is 43.1 Å². The lowest BCUT2D eigenvalue weighted by Crippen LogP contribution is -1.83. The van der Waals surface area contributed by atoms with Crippen LogP contribution >= 0.6 is 44.3 Å². The van der Waals surface area contributed by atoms with Gasteiger partial charge in [0.2, 0.25) is 0 Å². The molecule has 1 heterocycles. The molecule has 2 rings (SSSR count). The number of benzene rings is 1. The summed E-state index contributed by atoms with van der Waals surface area (Å²) >= 11 is 5.35. The lowest BCUT2D eigenvalue weighted by atomic mass is 10.2. The molecule has 1 atom stereocenters. The third kappa shape index (κ3) is 1.62.